The molecule has 0 aliphatic heterocycles. The van der Waals surface area contributed by atoms with E-state index >= 15 is 0 Å². The molecule has 0 saturated carbocycles. The SMILES string of the molecule is CC(C)(C)O.CC1=CCC(CNO)C=C1. The predicted octanol–water partition coefficient (Wildman–Crippen LogP) is 2.26. The monoisotopic (exact) mass is 213 g/mol. The van der Waals surface area contributed by atoms with Gasteiger partial charge in [0.25, 0.3) is 0 Å². The highest BCUT2D eigenvalue weighted by molar-refractivity contribution is 5.21. The normalized spacial score (nSPS) is 20.4. The molecule has 0 spiro atoms. The van der Waals surface area contributed by atoms with Crippen molar-refractivity contribution in [1.82, 2.24) is 5.48 Å². The minimum atomic E-state index is -0.500. The summed E-state index contributed by atoms with van der Waals surface area (Å²) in [7, 11) is 0. The van der Waals surface area contributed by atoms with Crippen LogP contribution < -0.4 is 5.48 Å². The van der Waals surface area contributed by atoms with Crippen molar-refractivity contribution in [3.05, 3.63) is 23.8 Å². The van der Waals surface area contributed by atoms with Gasteiger partial charge in [0.1, 0.15) is 0 Å². The standard InChI is InChI=1S/C8H13NO.C4H10O/c1-7-2-4-8(5-3-7)6-9-10;1-4(2,3)5/h2-4,8-10H,5-6H2,1H3;5H,1-3H3. The van der Waals surface area contributed by atoms with E-state index in [1.54, 1.807) is 20.8 Å². The first kappa shape index (κ1) is 14.4. The summed E-state index contributed by atoms with van der Waals surface area (Å²) < 4.78 is 0. The van der Waals surface area contributed by atoms with Crippen molar-refractivity contribution in [2.75, 3.05) is 6.54 Å². The van der Waals surface area contributed by atoms with Crippen molar-refractivity contribution in [3.63, 3.8) is 0 Å². The van der Waals surface area contributed by atoms with Crippen LogP contribution in [0.1, 0.15) is 34.1 Å². The van der Waals surface area contributed by atoms with Gasteiger partial charge in [-0.05, 0) is 40.0 Å². The van der Waals surface area contributed by atoms with Gasteiger partial charge in [0, 0.05) is 6.54 Å². The summed E-state index contributed by atoms with van der Waals surface area (Å²) in [5.74, 6) is 0.466. The van der Waals surface area contributed by atoms with Gasteiger partial charge in [0.15, 0.2) is 0 Å². The molecule has 0 aromatic carbocycles. The van der Waals surface area contributed by atoms with E-state index in [0.717, 1.165) is 6.42 Å². The fraction of sp³-hybridized carbons (Fsp3) is 0.667. The molecule has 3 nitrogen and oxygen atoms in total. The number of aliphatic hydroxyl groups is 1. The Labute approximate surface area is 92.5 Å². The van der Waals surface area contributed by atoms with Gasteiger partial charge < -0.3 is 10.3 Å². The summed E-state index contributed by atoms with van der Waals surface area (Å²) in [6.07, 6.45) is 7.43. The molecule has 0 heterocycles. The van der Waals surface area contributed by atoms with E-state index < -0.39 is 5.60 Å². The smallest absolute Gasteiger partial charge is 0.0563 e. The molecule has 1 atom stereocenters. The quantitative estimate of drug-likeness (QED) is 0.617. The molecule has 3 N–H and O–H groups in total. The maximum Gasteiger partial charge on any atom is 0.0563 e. The van der Waals surface area contributed by atoms with E-state index in [9.17, 15) is 0 Å². The first-order valence-electron chi connectivity index (χ1n) is 5.27. The molecule has 0 radical (unpaired) electrons. The zero-order valence-electron chi connectivity index (χ0n) is 10.1. The lowest BCUT2D eigenvalue weighted by Gasteiger charge is -2.12. The van der Waals surface area contributed by atoms with Gasteiger partial charge >= 0.3 is 0 Å². The van der Waals surface area contributed by atoms with Gasteiger partial charge in [-0.2, -0.15) is 0 Å². The van der Waals surface area contributed by atoms with Crippen LogP contribution in [-0.2, 0) is 0 Å². The Morgan fingerprint density at radius 3 is 2.33 bits per heavy atom. The molecule has 15 heavy (non-hydrogen) atoms. The van der Waals surface area contributed by atoms with Crippen molar-refractivity contribution in [2.24, 2.45) is 5.92 Å². The molecule has 0 fully saturated rings. The Morgan fingerprint density at radius 2 is 2.00 bits per heavy atom. The highest BCUT2D eigenvalue weighted by Crippen LogP contribution is 2.14. The van der Waals surface area contributed by atoms with Crippen LogP contribution in [0.2, 0.25) is 0 Å². The number of hydrogen-bond donors (Lipinski definition) is 3. The summed E-state index contributed by atoms with van der Waals surface area (Å²) >= 11 is 0. The van der Waals surface area contributed by atoms with Crippen LogP contribution in [0.15, 0.2) is 23.8 Å². The van der Waals surface area contributed by atoms with Crippen LogP contribution in [0.4, 0.5) is 0 Å². The average Bonchev–Trinajstić information content (AvgIpc) is 2.06. The summed E-state index contributed by atoms with van der Waals surface area (Å²) in [6, 6.07) is 0. The Hall–Kier alpha value is -0.640. The maximum absolute atomic E-state index is 8.52. The number of hydrogen-bond acceptors (Lipinski definition) is 3. The van der Waals surface area contributed by atoms with Crippen molar-refractivity contribution < 1.29 is 10.3 Å². The van der Waals surface area contributed by atoms with Crippen LogP contribution in [0.25, 0.3) is 0 Å². The lowest BCUT2D eigenvalue weighted by Crippen LogP contribution is -2.18. The third kappa shape index (κ3) is 11.3. The van der Waals surface area contributed by atoms with Gasteiger partial charge in [0.05, 0.1) is 5.60 Å². The Kier molecular flexibility index (Phi) is 6.48. The van der Waals surface area contributed by atoms with Gasteiger partial charge in [-0.15, -0.1) is 0 Å². The fourth-order valence-electron chi connectivity index (χ4n) is 1.04. The van der Waals surface area contributed by atoms with Crippen LogP contribution in [0.3, 0.4) is 0 Å². The number of allylic oxidation sites excluding steroid dienone is 3. The van der Waals surface area contributed by atoms with Gasteiger partial charge in [0.2, 0.25) is 0 Å². The zero-order chi connectivity index (χ0) is 11.9. The molecule has 88 valence electrons. The second-order valence-corrected chi connectivity index (χ2v) is 4.84. The molecule has 0 amide bonds. The number of hydroxylamine groups is 1. The average molecular weight is 213 g/mol. The van der Waals surface area contributed by atoms with E-state index in [1.807, 2.05) is 0 Å². The first-order valence-corrected chi connectivity index (χ1v) is 5.27. The van der Waals surface area contributed by atoms with Crippen LogP contribution in [0, 0.1) is 5.92 Å². The molecule has 0 bridgehead atoms. The van der Waals surface area contributed by atoms with Crippen molar-refractivity contribution in [1.29, 1.82) is 0 Å². The highest BCUT2D eigenvalue weighted by atomic mass is 16.5. The largest absolute Gasteiger partial charge is 0.391 e. The first-order chi connectivity index (χ1) is 6.83. The number of rotatable bonds is 2. The lowest BCUT2D eigenvalue weighted by atomic mass is 9.98. The molecule has 3 heteroatoms. The minimum absolute atomic E-state index is 0.466. The van der Waals surface area contributed by atoms with Gasteiger partial charge in [-0.3, -0.25) is 0 Å². The third-order valence-corrected chi connectivity index (χ3v) is 1.73. The fourth-order valence-corrected chi connectivity index (χ4v) is 1.04. The lowest BCUT2D eigenvalue weighted by molar-refractivity contribution is 0.102. The highest BCUT2D eigenvalue weighted by Gasteiger charge is 2.04. The molecule has 1 rings (SSSR count). The van der Waals surface area contributed by atoms with Crippen molar-refractivity contribution in [2.45, 2.75) is 39.7 Å². The third-order valence-electron chi connectivity index (χ3n) is 1.73. The Morgan fingerprint density at radius 1 is 1.47 bits per heavy atom. The second kappa shape index (κ2) is 6.77. The summed E-state index contributed by atoms with van der Waals surface area (Å²) in [6.45, 7) is 7.96. The van der Waals surface area contributed by atoms with Crippen LogP contribution >= 0.6 is 0 Å². The summed E-state index contributed by atoms with van der Waals surface area (Å²) in [5, 5.41) is 16.9. The van der Waals surface area contributed by atoms with Crippen LogP contribution in [0.5, 0.6) is 0 Å². The molecule has 0 aromatic rings. The predicted molar refractivity (Wildman–Crippen MR) is 62.8 cm³/mol. The summed E-state index contributed by atoms with van der Waals surface area (Å²) in [5.41, 5.74) is 2.99. The van der Waals surface area contributed by atoms with Crippen molar-refractivity contribution in [3.8, 4) is 0 Å². The minimum Gasteiger partial charge on any atom is -0.391 e. The molecular formula is C12H23NO2. The summed E-state index contributed by atoms with van der Waals surface area (Å²) in [4.78, 5) is 0. The maximum atomic E-state index is 8.52. The number of nitrogens with one attached hydrogen (secondary N) is 1. The van der Waals surface area contributed by atoms with Gasteiger partial charge in [-0.1, -0.05) is 23.8 Å². The molecule has 0 saturated heterocycles. The van der Waals surface area contributed by atoms with Gasteiger partial charge in [-0.25, -0.2) is 5.48 Å². The van der Waals surface area contributed by atoms with E-state index in [-0.39, 0.29) is 0 Å². The van der Waals surface area contributed by atoms with E-state index in [2.05, 4.69) is 30.6 Å². The van der Waals surface area contributed by atoms with E-state index in [4.69, 9.17) is 10.3 Å². The molecule has 1 aliphatic carbocycles. The Balaban J connectivity index is 0.000000336. The van der Waals surface area contributed by atoms with Crippen LogP contribution in [-0.4, -0.2) is 22.5 Å². The van der Waals surface area contributed by atoms with E-state index in [0.29, 0.717) is 12.5 Å². The van der Waals surface area contributed by atoms with E-state index in [1.165, 1.54) is 5.57 Å². The molecule has 1 aliphatic rings. The molecular weight excluding hydrogens is 190 g/mol. The second-order valence-electron chi connectivity index (χ2n) is 4.84. The van der Waals surface area contributed by atoms with Crippen molar-refractivity contribution >= 4 is 0 Å². The Bertz CT molecular complexity index is 220. The molecule has 0 aromatic heterocycles. The topological polar surface area (TPSA) is 52.5 Å². The zero-order valence-corrected chi connectivity index (χ0v) is 10.1. The molecule has 1 unspecified atom stereocenters.